The van der Waals surface area contributed by atoms with E-state index in [4.69, 9.17) is 23.2 Å². The normalized spacial score (nSPS) is 14.1. The molecule has 4 rings (SSSR count). The predicted octanol–water partition coefficient (Wildman–Crippen LogP) is 5.76. The smallest absolute Gasteiger partial charge is 0.416 e. The van der Waals surface area contributed by atoms with E-state index in [0.717, 1.165) is 18.2 Å². The lowest BCUT2D eigenvalue weighted by atomic mass is 9.80. The number of phenolic OH excluding ortho intramolecular Hbond substituents is 2. The van der Waals surface area contributed by atoms with Crippen LogP contribution in [-0.2, 0) is 6.18 Å². The fourth-order valence-corrected chi connectivity index (χ4v) is 4.95. The summed E-state index contributed by atoms with van der Waals surface area (Å²) >= 11 is 12.0. The van der Waals surface area contributed by atoms with Crippen molar-refractivity contribution in [3.05, 3.63) is 93.5 Å². The van der Waals surface area contributed by atoms with E-state index in [0.29, 0.717) is 5.56 Å². The lowest BCUT2D eigenvalue weighted by Crippen LogP contribution is -2.34. The van der Waals surface area contributed by atoms with Crippen LogP contribution in [0.3, 0.4) is 0 Å². The number of carbonyl (C=O) groups is 2. The minimum Gasteiger partial charge on any atom is -0.507 e. The highest BCUT2D eigenvalue weighted by atomic mass is 35.5. The van der Waals surface area contributed by atoms with Crippen molar-refractivity contribution in [3.63, 3.8) is 0 Å². The van der Waals surface area contributed by atoms with Gasteiger partial charge in [-0.15, -0.1) is 23.2 Å². The maximum atomic E-state index is 13.3. The predicted molar refractivity (Wildman–Crippen MR) is 129 cm³/mol. The topological polar surface area (TPSA) is 77.8 Å². The van der Waals surface area contributed by atoms with Gasteiger partial charge < -0.3 is 10.2 Å². The van der Waals surface area contributed by atoms with Gasteiger partial charge in [0.05, 0.1) is 22.7 Å². The summed E-state index contributed by atoms with van der Waals surface area (Å²) in [5.74, 6) is -2.08. The third-order valence-electron chi connectivity index (χ3n) is 6.14. The van der Waals surface area contributed by atoms with Crippen molar-refractivity contribution < 1.29 is 33.0 Å². The molecule has 3 aromatic carbocycles. The van der Waals surface area contributed by atoms with Crippen molar-refractivity contribution in [1.29, 1.82) is 0 Å². The van der Waals surface area contributed by atoms with E-state index < -0.39 is 40.8 Å². The molecule has 0 aromatic heterocycles. The Hall–Kier alpha value is -3.07. The fourth-order valence-electron chi connectivity index (χ4n) is 4.52. The van der Waals surface area contributed by atoms with Crippen molar-refractivity contribution in [2.24, 2.45) is 0 Å². The number of carbonyl (C=O) groups excluding carboxylic acids is 2. The number of halogens is 5. The zero-order chi connectivity index (χ0) is 26.2. The molecule has 0 saturated heterocycles. The van der Waals surface area contributed by atoms with Crippen LogP contribution in [0.5, 0.6) is 11.5 Å². The van der Waals surface area contributed by atoms with Gasteiger partial charge in [0.25, 0.3) is 0 Å². The second kappa shape index (κ2) is 10.1. The first-order chi connectivity index (χ1) is 17.1. The standard InChI is InChI=1S/C26H20Cl2F3NO4/c27-9-11-32(12-10-28)22(14-5-7-15(8-6-14)26(29,30)31)18-13-19(33)20-21(25(18)36)24(35)17-4-2-1-3-16(17)23(20)34/h1-8,13,22,33,36H,9-12H2. The van der Waals surface area contributed by atoms with E-state index in [2.05, 4.69) is 0 Å². The molecular weight excluding hydrogens is 518 g/mol. The summed E-state index contributed by atoms with van der Waals surface area (Å²) in [6.07, 6.45) is -4.55. The van der Waals surface area contributed by atoms with Crippen molar-refractivity contribution in [2.45, 2.75) is 12.2 Å². The number of fused-ring (bicyclic) bond motifs is 2. The Balaban J connectivity index is 1.93. The largest absolute Gasteiger partial charge is 0.507 e. The van der Waals surface area contributed by atoms with Crippen molar-refractivity contribution in [3.8, 4) is 11.5 Å². The van der Waals surface area contributed by atoms with Crippen molar-refractivity contribution in [2.75, 3.05) is 24.8 Å². The van der Waals surface area contributed by atoms with E-state index >= 15 is 0 Å². The molecule has 10 heteroatoms. The highest BCUT2D eigenvalue weighted by molar-refractivity contribution is 6.30. The molecule has 0 saturated carbocycles. The van der Waals surface area contributed by atoms with Crippen LogP contribution in [0.25, 0.3) is 0 Å². The van der Waals surface area contributed by atoms with Crippen LogP contribution in [0.1, 0.15) is 54.6 Å². The molecule has 0 fully saturated rings. The summed E-state index contributed by atoms with van der Waals surface area (Å²) in [6, 6.07) is 10.6. The van der Waals surface area contributed by atoms with Crippen LogP contribution in [-0.4, -0.2) is 51.5 Å². The third-order valence-corrected chi connectivity index (χ3v) is 6.47. The highest BCUT2D eigenvalue weighted by Gasteiger charge is 2.38. The van der Waals surface area contributed by atoms with Crippen LogP contribution in [0.15, 0.2) is 54.6 Å². The molecule has 0 radical (unpaired) electrons. The van der Waals surface area contributed by atoms with E-state index in [9.17, 15) is 33.0 Å². The summed E-state index contributed by atoms with van der Waals surface area (Å²) < 4.78 is 39.5. The Morgan fingerprint density at radius 2 is 1.36 bits per heavy atom. The van der Waals surface area contributed by atoms with Gasteiger partial charge in [-0.25, -0.2) is 0 Å². The van der Waals surface area contributed by atoms with Gasteiger partial charge in [-0.2, -0.15) is 13.2 Å². The molecule has 0 bridgehead atoms. The zero-order valence-corrected chi connectivity index (χ0v) is 20.2. The summed E-state index contributed by atoms with van der Waals surface area (Å²) in [4.78, 5) is 28.1. The third kappa shape index (κ3) is 4.56. The van der Waals surface area contributed by atoms with Crippen LogP contribution < -0.4 is 0 Å². The number of aromatic hydroxyl groups is 2. The monoisotopic (exact) mass is 537 g/mol. The molecule has 36 heavy (non-hydrogen) atoms. The average Bonchev–Trinajstić information content (AvgIpc) is 2.84. The first kappa shape index (κ1) is 26.0. The molecule has 1 aliphatic carbocycles. The molecule has 5 nitrogen and oxygen atoms in total. The fraction of sp³-hybridized carbons (Fsp3) is 0.231. The minimum atomic E-state index is -4.55. The van der Waals surface area contributed by atoms with Gasteiger partial charge in [-0.05, 0) is 23.8 Å². The molecule has 188 valence electrons. The van der Waals surface area contributed by atoms with Gasteiger partial charge in [0, 0.05) is 41.5 Å². The summed E-state index contributed by atoms with van der Waals surface area (Å²) in [5, 5.41) is 22.2. The first-order valence-electron chi connectivity index (χ1n) is 10.9. The van der Waals surface area contributed by atoms with E-state index in [1.54, 1.807) is 17.0 Å². The summed E-state index contributed by atoms with van der Waals surface area (Å²) in [7, 11) is 0. The molecular formula is C26H20Cl2F3NO4. The summed E-state index contributed by atoms with van der Waals surface area (Å²) in [5.41, 5.74) is -1.01. The van der Waals surface area contributed by atoms with Gasteiger partial charge >= 0.3 is 6.18 Å². The van der Waals surface area contributed by atoms with Gasteiger partial charge in [-0.1, -0.05) is 36.4 Å². The molecule has 2 N–H and O–H groups in total. The van der Waals surface area contributed by atoms with Gasteiger partial charge in [0.15, 0.2) is 11.6 Å². The van der Waals surface area contributed by atoms with Crippen LogP contribution in [0.2, 0.25) is 0 Å². The average molecular weight is 538 g/mol. The Bertz CT molecular complexity index is 1320. The highest BCUT2D eigenvalue weighted by Crippen LogP contribution is 2.45. The SMILES string of the molecule is O=C1c2ccccc2C(=O)c2c(O)c(C(c3ccc(C(F)(F)F)cc3)N(CCCl)CCCl)cc(O)c21. The summed E-state index contributed by atoms with van der Waals surface area (Å²) in [6.45, 7) is 0.458. The number of alkyl halides is 5. The van der Waals surface area contributed by atoms with Crippen LogP contribution >= 0.6 is 23.2 Å². The van der Waals surface area contributed by atoms with Gasteiger partial charge in [-0.3, -0.25) is 14.5 Å². The number of ketones is 2. The van der Waals surface area contributed by atoms with E-state index in [1.807, 2.05) is 0 Å². The number of hydrogen-bond donors (Lipinski definition) is 2. The number of phenols is 2. The first-order valence-corrected chi connectivity index (χ1v) is 12.0. The zero-order valence-electron chi connectivity index (χ0n) is 18.6. The quantitative estimate of drug-likeness (QED) is 0.231. The molecule has 0 aliphatic heterocycles. The maximum absolute atomic E-state index is 13.3. The number of hydrogen-bond acceptors (Lipinski definition) is 5. The molecule has 1 atom stereocenters. The maximum Gasteiger partial charge on any atom is 0.416 e. The van der Waals surface area contributed by atoms with Gasteiger partial charge in [0.1, 0.15) is 11.5 Å². The lowest BCUT2D eigenvalue weighted by Gasteiger charge is -2.33. The molecule has 0 spiro atoms. The van der Waals surface area contributed by atoms with Crippen LogP contribution in [0.4, 0.5) is 13.2 Å². The molecule has 1 unspecified atom stereocenters. The number of rotatable bonds is 7. The molecule has 0 amide bonds. The Kier molecular flexibility index (Phi) is 7.31. The number of benzene rings is 3. The second-order valence-electron chi connectivity index (χ2n) is 8.22. The lowest BCUT2D eigenvalue weighted by molar-refractivity contribution is -0.137. The van der Waals surface area contributed by atoms with Crippen LogP contribution in [0, 0.1) is 0 Å². The van der Waals surface area contributed by atoms with Crippen molar-refractivity contribution >= 4 is 34.8 Å². The van der Waals surface area contributed by atoms with E-state index in [-0.39, 0.29) is 52.7 Å². The Morgan fingerprint density at radius 3 is 1.86 bits per heavy atom. The van der Waals surface area contributed by atoms with Crippen molar-refractivity contribution in [1.82, 2.24) is 4.90 Å². The second-order valence-corrected chi connectivity index (χ2v) is 8.98. The molecule has 3 aromatic rings. The number of nitrogens with zero attached hydrogens (tertiary/aromatic N) is 1. The Labute approximate surface area is 214 Å². The Morgan fingerprint density at radius 1 is 0.833 bits per heavy atom. The molecule has 0 heterocycles. The van der Waals surface area contributed by atoms with E-state index in [1.165, 1.54) is 24.3 Å². The minimum absolute atomic E-state index is 0.0294. The molecule has 1 aliphatic rings. The van der Waals surface area contributed by atoms with Gasteiger partial charge in [0.2, 0.25) is 0 Å².